The van der Waals surface area contributed by atoms with Crippen molar-refractivity contribution < 1.29 is 0 Å². The molecule has 1 radical (unpaired) electrons. The van der Waals surface area contributed by atoms with Crippen LogP contribution in [0.4, 0.5) is 0 Å². The molecule has 0 amide bonds. The summed E-state index contributed by atoms with van der Waals surface area (Å²) >= 11 is 0. The normalized spacial score (nSPS) is 21.3. The van der Waals surface area contributed by atoms with Crippen LogP contribution in [-0.2, 0) is 0 Å². The Morgan fingerprint density at radius 3 is 2.50 bits per heavy atom. The molecular weight excluding hydrogens is 122 g/mol. The number of rotatable bonds is 3. The van der Waals surface area contributed by atoms with Gasteiger partial charge in [0, 0.05) is 0 Å². The second kappa shape index (κ2) is 4.73. The second-order valence-corrected chi connectivity index (χ2v) is 3.21. The summed E-state index contributed by atoms with van der Waals surface area (Å²) < 4.78 is 0. The van der Waals surface area contributed by atoms with Gasteiger partial charge < -0.3 is 5.73 Å². The molecule has 1 aliphatic carbocycles. The van der Waals surface area contributed by atoms with Gasteiger partial charge in [0.25, 0.3) is 0 Å². The summed E-state index contributed by atoms with van der Waals surface area (Å²) in [7, 11) is 0. The molecule has 0 aromatic heterocycles. The summed E-state index contributed by atoms with van der Waals surface area (Å²) in [5.41, 5.74) is 5.41. The zero-order valence-electron chi connectivity index (χ0n) is 6.68. The molecular formula is C9H18N. The summed E-state index contributed by atoms with van der Waals surface area (Å²) in [6.07, 6.45) is 10.7. The number of hydrogen-bond acceptors (Lipinski definition) is 1. The van der Waals surface area contributed by atoms with Crippen LogP contribution in [0.2, 0.25) is 0 Å². The molecule has 1 fully saturated rings. The van der Waals surface area contributed by atoms with Gasteiger partial charge in [-0.15, -0.1) is 0 Å². The summed E-state index contributed by atoms with van der Waals surface area (Å²) in [6.45, 7) is 0.830. The van der Waals surface area contributed by atoms with Gasteiger partial charge in [-0.05, 0) is 25.3 Å². The topological polar surface area (TPSA) is 26.0 Å². The second-order valence-electron chi connectivity index (χ2n) is 3.21. The molecule has 0 aromatic rings. The molecule has 59 valence electrons. The molecule has 1 saturated carbocycles. The SMILES string of the molecule is NCC[CH]C1CCCCC1. The van der Waals surface area contributed by atoms with Crippen molar-refractivity contribution in [2.24, 2.45) is 11.7 Å². The van der Waals surface area contributed by atoms with Crippen molar-refractivity contribution >= 4 is 0 Å². The minimum Gasteiger partial charge on any atom is -0.330 e. The first-order valence-electron chi connectivity index (χ1n) is 4.47. The van der Waals surface area contributed by atoms with E-state index >= 15 is 0 Å². The standard InChI is InChI=1S/C9H18N/c10-8-4-7-9-5-2-1-3-6-9/h7,9H,1-6,8,10H2. The fourth-order valence-corrected chi connectivity index (χ4v) is 1.70. The van der Waals surface area contributed by atoms with E-state index in [1.54, 1.807) is 0 Å². The summed E-state index contributed by atoms with van der Waals surface area (Å²) in [6, 6.07) is 0. The van der Waals surface area contributed by atoms with Crippen molar-refractivity contribution in [3.05, 3.63) is 6.42 Å². The van der Waals surface area contributed by atoms with E-state index in [-0.39, 0.29) is 0 Å². The first-order valence-corrected chi connectivity index (χ1v) is 4.47. The lowest BCUT2D eigenvalue weighted by Gasteiger charge is -2.20. The van der Waals surface area contributed by atoms with Gasteiger partial charge in [-0.1, -0.05) is 32.1 Å². The van der Waals surface area contributed by atoms with Crippen LogP contribution in [0.1, 0.15) is 38.5 Å². The minimum atomic E-state index is 0.830. The van der Waals surface area contributed by atoms with E-state index in [0.717, 1.165) is 18.9 Å². The average molecular weight is 140 g/mol. The summed E-state index contributed by atoms with van der Waals surface area (Å²) in [5.74, 6) is 0.900. The van der Waals surface area contributed by atoms with E-state index < -0.39 is 0 Å². The van der Waals surface area contributed by atoms with E-state index in [1.165, 1.54) is 32.1 Å². The molecule has 10 heavy (non-hydrogen) atoms. The van der Waals surface area contributed by atoms with Gasteiger partial charge in [-0.25, -0.2) is 0 Å². The maximum absolute atomic E-state index is 5.41. The highest BCUT2D eigenvalue weighted by molar-refractivity contribution is 4.79. The summed E-state index contributed by atoms with van der Waals surface area (Å²) in [4.78, 5) is 0. The maximum Gasteiger partial charge on any atom is -0.00744 e. The van der Waals surface area contributed by atoms with Crippen molar-refractivity contribution in [3.8, 4) is 0 Å². The Morgan fingerprint density at radius 1 is 1.20 bits per heavy atom. The zero-order chi connectivity index (χ0) is 7.23. The van der Waals surface area contributed by atoms with E-state index in [1.807, 2.05) is 0 Å². The van der Waals surface area contributed by atoms with Crippen molar-refractivity contribution in [1.29, 1.82) is 0 Å². The van der Waals surface area contributed by atoms with Gasteiger partial charge >= 0.3 is 0 Å². The van der Waals surface area contributed by atoms with E-state index in [9.17, 15) is 0 Å². The molecule has 1 aliphatic rings. The van der Waals surface area contributed by atoms with Gasteiger partial charge in [-0.2, -0.15) is 0 Å². The fraction of sp³-hybridized carbons (Fsp3) is 0.889. The molecule has 2 N–H and O–H groups in total. The van der Waals surface area contributed by atoms with Gasteiger partial charge in [0.1, 0.15) is 0 Å². The third-order valence-electron chi connectivity index (χ3n) is 2.32. The van der Waals surface area contributed by atoms with Crippen LogP contribution in [0.5, 0.6) is 0 Å². The molecule has 0 aromatic carbocycles. The molecule has 0 aliphatic heterocycles. The van der Waals surface area contributed by atoms with Crippen molar-refractivity contribution in [2.45, 2.75) is 38.5 Å². The van der Waals surface area contributed by atoms with E-state index in [0.29, 0.717) is 0 Å². The van der Waals surface area contributed by atoms with Crippen LogP contribution in [-0.4, -0.2) is 6.54 Å². The highest BCUT2D eigenvalue weighted by Crippen LogP contribution is 2.26. The fourth-order valence-electron chi connectivity index (χ4n) is 1.70. The molecule has 0 unspecified atom stereocenters. The highest BCUT2D eigenvalue weighted by atomic mass is 14.5. The molecule has 0 saturated heterocycles. The zero-order valence-corrected chi connectivity index (χ0v) is 6.68. The Kier molecular flexibility index (Phi) is 3.81. The van der Waals surface area contributed by atoms with Crippen molar-refractivity contribution in [1.82, 2.24) is 0 Å². The quantitative estimate of drug-likeness (QED) is 0.638. The minimum absolute atomic E-state index is 0.830. The largest absolute Gasteiger partial charge is 0.330 e. The molecule has 1 heteroatoms. The van der Waals surface area contributed by atoms with Crippen LogP contribution in [0, 0.1) is 12.3 Å². The van der Waals surface area contributed by atoms with Crippen molar-refractivity contribution in [3.63, 3.8) is 0 Å². The highest BCUT2D eigenvalue weighted by Gasteiger charge is 2.11. The number of nitrogens with two attached hydrogens (primary N) is 1. The Labute approximate surface area is 64.0 Å². The third-order valence-corrected chi connectivity index (χ3v) is 2.32. The van der Waals surface area contributed by atoms with Crippen molar-refractivity contribution in [2.75, 3.05) is 6.54 Å². The van der Waals surface area contributed by atoms with Crippen LogP contribution < -0.4 is 5.73 Å². The van der Waals surface area contributed by atoms with Crippen LogP contribution in [0.25, 0.3) is 0 Å². The lowest BCUT2D eigenvalue weighted by Crippen LogP contribution is -2.09. The summed E-state index contributed by atoms with van der Waals surface area (Å²) in [5, 5.41) is 0. The maximum atomic E-state index is 5.41. The molecule has 1 rings (SSSR count). The van der Waals surface area contributed by atoms with Gasteiger partial charge in [0.15, 0.2) is 0 Å². The Bertz CT molecular complexity index is 74.8. The molecule has 1 nitrogen and oxygen atoms in total. The monoisotopic (exact) mass is 140 g/mol. The molecule has 0 bridgehead atoms. The van der Waals surface area contributed by atoms with Crippen LogP contribution >= 0.6 is 0 Å². The average Bonchev–Trinajstić information content (AvgIpc) is 2.03. The lowest BCUT2D eigenvalue weighted by molar-refractivity contribution is 0.391. The molecule has 0 atom stereocenters. The number of hydrogen-bond donors (Lipinski definition) is 1. The Balaban J connectivity index is 2.02. The first kappa shape index (κ1) is 8.06. The van der Waals surface area contributed by atoms with Crippen LogP contribution in [0.3, 0.4) is 0 Å². The Hall–Kier alpha value is -0.0400. The smallest absolute Gasteiger partial charge is 0.00744 e. The van der Waals surface area contributed by atoms with Crippen LogP contribution in [0.15, 0.2) is 0 Å². The third kappa shape index (κ3) is 2.70. The lowest BCUT2D eigenvalue weighted by atomic mass is 9.86. The van der Waals surface area contributed by atoms with E-state index in [2.05, 4.69) is 6.42 Å². The Morgan fingerprint density at radius 2 is 1.90 bits per heavy atom. The van der Waals surface area contributed by atoms with Gasteiger partial charge in [0.05, 0.1) is 0 Å². The first-order chi connectivity index (χ1) is 4.93. The predicted molar refractivity (Wildman–Crippen MR) is 44.5 cm³/mol. The molecule has 0 spiro atoms. The van der Waals surface area contributed by atoms with Gasteiger partial charge in [0.2, 0.25) is 0 Å². The predicted octanol–water partition coefficient (Wildman–Crippen LogP) is 2.12. The van der Waals surface area contributed by atoms with Gasteiger partial charge in [-0.3, -0.25) is 0 Å². The van der Waals surface area contributed by atoms with E-state index in [4.69, 9.17) is 5.73 Å². The molecule has 0 heterocycles.